The average Bonchev–Trinajstić information content (AvgIpc) is 3.21. The van der Waals surface area contributed by atoms with Gasteiger partial charge in [0, 0.05) is 25.3 Å². The second-order valence-corrected chi connectivity index (χ2v) is 7.60. The van der Waals surface area contributed by atoms with Gasteiger partial charge in [0.1, 0.15) is 0 Å². The Morgan fingerprint density at radius 2 is 2.04 bits per heavy atom. The van der Waals surface area contributed by atoms with E-state index in [4.69, 9.17) is 20.8 Å². The molecule has 1 N–H and O–H groups in total. The lowest BCUT2D eigenvalue weighted by molar-refractivity contribution is -0.118. The van der Waals surface area contributed by atoms with Crippen LogP contribution < -0.4 is 5.32 Å². The SMILES string of the molecule is O=C(CN1CCCCC1c1nnc(C2CCOCC2)o1)Nc1cccnc1Cl. The van der Waals surface area contributed by atoms with Crippen LogP contribution in [0.15, 0.2) is 22.7 Å². The molecule has 0 spiro atoms. The van der Waals surface area contributed by atoms with Crippen LogP contribution in [0, 0.1) is 0 Å². The summed E-state index contributed by atoms with van der Waals surface area (Å²) in [4.78, 5) is 18.6. The summed E-state index contributed by atoms with van der Waals surface area (Å²) in [6.45, 7) is 2.52. The van der Waals surface area contributed by atoms with Gasteiger partial charge in [0.05, 0.1) is 18.3 Å². The van der Waals surface area contributed by atoms with Crippen LogP contribution in [0.1, 0.15) is 55.8 Å². The zero-order valence-electron chi connectivity index (χ0n) is 15.6. The van der Waals surface area contributed by atoms with Crippen LogP contribution >= 0.6 is 11.6 Å². The number of aromatic nitrogens is 3. The second-order valence-electron chi connectivity index (χ2n) is 7.24. The summed E-state index contributed by atoms with van der Waals surface area (Å²) in [5.74, 6) is 1.43. The van der Waals surface area contributed by atoms with E-state index < -0.39 is 0 Å². The normalized spacial score (nSPS) is 21.5. The highest BCUT2D eigenvalue weighted by atomic mass is 35.5. The molecule has 2 fully saturated rings. The van der Waals surface area contributed by atoms with Crippen molar-refractivity contribution >= 4 is 23.2 Å². The van der Waals surface area contributed by atoms with E-state index in [0.717, 1.165) is 51.9 Å². The molecule has 0 bridgehead atoms. The minimum Gasteiger partial charge on any atom is -0.423 e. The number of piperidine rings is 1. The van der Waals surface area contributed by atoms with Gasteiger partial charge in [-0.05, 0) is 44.4 Å². The zero-order valence-corrected chi connectivity index (χ0v) is 16.4. The lowest BCUT2D eigenvalue weighted by Gasteiger charge is -2.32. The number of hydrogen-bond acceptors (Lipinski definition) is 7. The summed E-state index contributed by atoms with van der Waals surface area (Å²) < 4.78 is 11.4. The van der Waals surface area contributed by atoms with E-state index in [2.05, 4.69) is 25.4 Å². The van der Waals surface area contributed by atoms with Crippen molar-refractivity contribution in [2.75, 3.05) is 31.6 Å². The van der Waals surface area contributed by atoms with E-state index in [9.17, 15) is 4.79 Å². The Labute approximate surface area is 168 Å². The van der Waals surface area contributed by atoms with Gasteiger partial charge in [-0.15, -0.1) is 10.2 Å². The van der Waals surface area contributed by atoms with Gasteiger partial charge in [-0.2, -0.15) is 0 Å². The Balaban J connectivity index is 1.42. The van der Waals surface area contributed by atoms with Gasteiger partial charge in [-0.3, -0.25) is 9.69 Å². The number of pyridine rings is 1. The molecule has 2 saturated heterocycles. The molecule has 28 heavy (non-hydrogen) atoms. The van der Waals surface area contributed by atoms with Crippen LogP contribution in [0.4, 0.5) is 5.69 Å². The Bertz CT molecular complexity index is 808. The first kappa shape index (κ1) is 19.3. The third kappa shape index (κ3) is 4.51. The van der Waals surface area contributed by atoms with Gasteiger partial charge in [0.25, 0.3) is 0 Å². The summed E-state index contributed by atoms with van der Waals surface area (Å²) in [5.41, 5.74) is 0.516. The fraction of sp³-hybridized carbons (Fsp3) is 0.579. The number of nitrogens with one attached hydrogen (secondary N) is 1. The van der Waals surface area contributed by atoms with Crippen LogP contribution in [-0.2, 0) is 9.53 Å². The molecule has 1 unspecified atom stereocenters. The zero-order chi connectivity index (χ0) is 19.3. The molecule has 2 aliphatic heterocycles. The summed E-state index contributed by atoms with van der Waals surface area (Å²) in [5, 5.41) is 11.7. The summed E-state index contributed by atoms with van der Waals surface area (Å²) >= 11 is 6.03. The van der Waals surface area contributed by atoms with Crippen LogP contribution in [0.5, 0.6) is 0 Å². The van der Waals surface area contributed by atoms with Gasteiger partial charge in [0.2, 0.25) is 17.7 Å². The van der Waals surface area contributed by atoms with E-state index >= 15 is 0 Å². The van der Waals surface area contributed by atoms with Gasteiger partial charge in [-0.25, -0.2) is 4.98 Å². The molecule has 1 amide bonds. The van der Waals surface area contributed by atoms with Crippen LogP contribution in [0.25, 0.3) is 0 Å². The van der Waals surface area contributed by atoms with E-state index in [0.29, 0.717) is 17.5 Å². The first-order valence-corrected chi connectivity index (χ1v) is 10.1. The number of carbonyl (C=O) groups is 1. The molecule has 4 heterocycles. The summed E-state index contributed by atoms with van der Waals surface area (Å²) in [6, 6.07) is 3.44. The largest absolute Gasteiger partial charge is 0.423 e. The summed E-state index contributed by atoms with van der Waals surface area (Å²) in [7, 11) is 0. The molecule has 0 aromatic carbocycles. The number of likely N-dealkylation sites (tertiary alicyclic amines) is 1. The van der Waals surface area contributed by atoms with Gasteiger partial charge >= 0.3 is 0 Å². The molecule has 2 aromatic rings. The average molecular weight is 406 g/mol. The number of rotatable bonds is 5. The molecule has 4 rings (SSSR count). The second kappa shape index (κ2) is 8.98. The van der Waals surface area contributed by atoms with Crippen molar-refractivity contribution in [1.29, 1.82) is 0 Å². The predicted octanol–water partition coefficient (Wildman–Crippen LogP) is 3.18. The quantitative estimate of drug-likeness (QED) is 0.763. The number of halogens is 1. The Morgan fingerprint density at radius 1 is 1.21 bits per heavy atom. The van der Waals surface area contributed by atoms with Crippen molar-refractivity contribution in [2.45, 2.75) is 44.1 Å². The first-order valence-electron chi connectivity index (χ1n) is 9.76. The Hall–Kier alpha value is -2.03. The lowest BCUT2D eigenvalue weighted by atomic mass is 10.0. The molecule has 0 saturated carbocycles. The molecule has 0 aliphatic carbocycles. The molecule has 2 aliphatic rings. The van der Waals surface area contributed by atoms with E-state index in [-0.39, 0.29) is 29.6 Å². The van der Waals surface area contributed by atoms with Crippen molar-refractivity contribution in [3.05, 3.63) is 35.3 Å². The standard InChI is InChI=1S/C19H24ClN5O3/c20-17-14(4-3-8-21-17)22-16(26)12-25-9-2-1-5-15(25)19-24-23-18(28-19)13-6-10-27-11-7-13/h3-4,8,13,15H,1-2,5-7,9-12H2,(H,22,26). The monoisotopic (exact) mass is 405 g/mol. The third-order valence-electron chi connectivity index (χ3n) is 5.31. The number of hydrogen-bond donors (Lipinski definition) is 1. The molecule has 0 radical (unpaired) electrons. The first-order chi connectivity index (χ1) is 13.7. The van der Waals surface area contributed by atoms with Crippen molar-refractivity contribution < 1.29 is 13.9 Å². The molecule has 150 valence electrons. The van der Waals surface area contributed by atoms with E-state index in [1.54, 1.807) is 18.3 Å². The summed E-state index contributed by atoms with van der Waals surface area (Å²) in [6.07, 6.45) is 6.42. The number of nitrogens with zero attached hydrogens (tertiary/aromatic N) is 4. The molecule has 1 atom stereocenters. The number of carbonyl (C=O) groups excluding carboxylic acids is 1. The molecule has 2 aromatic heterocycles. The number of amides is 1. The van der Waals surface area contributed by atoms with Crippen molar-refractivity contribution in [1.82, 2.24) is 20.1 Å². The topological polar surface area (TPSA) is 93.4 Å². The highest BCUT2D eigenvalue weighted by molar-refractivity contribution is 6.32. The van der Waals surface area contributed by atoms with E-state index in [1.165, 1.54) is 0 Å². The minimum atomic E-state index is -0.133. The van der Waals surface area contributed by atoms with E-state index in [1.807, 2.05) is 0 Å². The van der Waals surface area contributed by atoms with Gasteiger partial charge in [-0.1, -0.05) is 18.0 Å². The highest BCUT2D eigenvalue weighted by Gasteiger charge is 2.31. The van der Waals surface area contributed by atoms with Crippen LogP contribution in [0.2, 0.25) is 5.15 Å². The smallest absolute Gasteiger partial charge is 0.238 e. The molecule has 8 nitrogen and oxygen atoms in total. The number of anilines is 1. The van der Waals surface area contributed by atoms with Crippen molar-refractivity contribution in [2.24, 2.45) is 0 Å². The van der Waals surface area contributed by atoms with Crippen molar-refractivity contribution in [3.63, 3.8) is 0 Å². The third-order valence-corrected chi connectivity index (χ3v) is 5.61. The molecular formula is C19H24ClN5O3. The fourth-order valence-corrected chi connectivity index (χ4v) is 3.97. The van der Waals surface area contributed by atoms with Crippen molar-refractivity contribution in [3.8, 4) is 0 Å². The van der Waals surface area contributed by atoms with Crippen LogP contribution in [0.3, 0.4) is 0 Å². The van der Waals surface area contributed by atoms with Gasteiger partial charge < -0.3 is 14.5 Å². The Morgan fingerprint density at radius 3 is 2.86 bits per heavy atom. The molecule has 9 heteroatoms. The Kier molecular flexibility index (Phi) is 6.19. The highest BCUT2D eigenvalue weighted by Crippen LogP contribution is 2.33. The fourth-order valence-electron chi connectivity index (χ4n) is 3.80. The number of ether oxygens (including phenoxy) is 1. The lowest BCUT2D eigenvalue weighted by Crippen LogP contribution is -2.39. The van der Waals surface area contributed by atoms with Gasteiger partial charge in [0.15, 0.2) is 5.15 Å². The minimum absolute atomic E-state index is 0.0371. The predicted molar refractivity (Wildman–Crippen MR) is 103 cm³/mol. The maximum absolute atomic E-state index is 12.5. The maximum Gasteiger partial charge on any atom is 0.238 e. The molecular weight excluding hydrogens is 382 g/mol. The maximum atomic E-state index is 12.5. The van der Waals surface area contributed by atoms with Crippen LogP contribution in [-0.4, -0.2) is 52.3 Å².